The summed E-state index contributed by atoms with van der Waals surface area (Å²) in [5.41, 5.74) is 3.30. The molecule has 3 unspecified atom stereocenters. The third kappa shape index (κ3) is 4.98. The van der Waals surface area contributed by atoms with Gasteiger partial charge in [-0.15, -0.1) is 0 Å². The van der Waals surface area contributed by atoms with Crippen molar-refractivity contribution in [3.63, 3.8) is 0 Å². The molecular formula is C25H41NO3. The minimum Gasteiger partial charge on any atom is -0.393 e. The van der Waals surface area contributed by atoms with Crippen LogP contribution in [0.15, 0.2) is 35.6 Å². The van der Waals surface area contributed by atoms with Crippen LogP contribution in [0.3, 0.4) is 0 Å². The van der Waals surface area contributed by atoms with Crippen LogP contribution in [0.5, 0.6) is 0 Å². The van der Waals surface area contributed by atoms with Crippen molar-refractivity contribution in [2.75, 3.05) is 6.54 Å². The molecule has 2 saturated heterocycles. The number of allylic oxidation sites excluding steroid dienone is 3. The van der Waals surface area contributed by atoms with Gasteiger partial charge in [0.25, 0.3) is 0 Å². The largest absolute Gasteiger partial charge is 0.393 e. The van der Waals surface area contributed by atoms with E-state index in [0.717, 1.165) is 31.4 Å². The third-order valence-electron chi connectivity index (χ3n) is 7.79. The summed E-state index contributed by atoms with van der Waals surface area (Å²) in [4.78, 5) is 2.65. The molecule has 0 aromatic rings. The Kier molecular flexibility index (Phi) is 7.29. The monoisotopic (exact) mass is 403 g/mol. The van der Waals surface area contributed by atoms with E-state index in [0.29, 0.717) is 30.3 Å². The van der Waals surface area contributed by atoms with Gasteiger partial charge in [-0.2, -0.15) is 0 Å². The van der Waals surface area contributed by atoms with Gasteiger partial charge < -0.3 is 20.2 Å². The molecule has 3 rings (SSSR count). The van der Waals surface area contributed by atoms with Crippen LogP contribution in [-0.2, 0) is 0 Å². The van der Waals surface area contributed by atoms with Crippen LogP contribution in [0.2, 0.25) is 0 Å². The SMILES string of the molecule is C=C1C(O)CC(=C/C=C2\CCCC3(C)[C@@H](C(C)CCC[C@H](C)O)CCN23)C[C@H]1O. The minimum atomic E-state index is -0.626. The lowest BCUT2D eigenvalue weighted by Crippen LogP contribution is -2.48. The summed E-state index contributed by atoms with van der Waals surface area (Å²) < 4.78 is 0. The quantitative estimate of drug-likeness (QED) is 0.578. The van der Waals surface area contributed by atoms with Gasteiger partial charge in [-0.3, -0.25) is 0 Å². The molecular weight excluding hydrogens is 362 g/mol. The molecule has 4 nitrogen and oxygen atoms in total. The van der Waals surface area contributed by atoms with Gasteiger partial charge in [0.1, 0.15) is 0 Å². The van der Waals surface area contributed by atoms with Gasteiger partial charge in [-0.25, -0.2) is 0 Å². The maximum atomic E-state index is 10.1. The fourth-order valence-electron chi connectivity index (χ4n) is 6.01. The summed E-state index contributed by atoms with van der Waals surface area (Å²) in [7, 11) is 0. The van der Waals surface area contributed by atoms with E-state index in [2.05, 4.69) is 37.5 Å². The molecule has 2 aliphatic heterocycles. The Labute approximate surface area is 177 Å². The first-order valence-electron chi connectivity index (χ1n) is 11.6. The number of fused-ring (bicyclic) bond motifs is 1. The maximum absolute atomic E-state index is 10.1. The zero-order chi connectivity index (χ0) is 21.2. The lowest BCUT2D eigenvalue weighted by atomic mass is 9.72. The molecule has 1 saturated carbocycles. The first kappa shape index (κ1) is 22.6. The molecule has 3 fully saturated rings. The van der Waals surface area contributed by atoms with E-state index in [4.69, 9.17) is 0 Å². The summed E-state index contributed by atoms with van der Waals surface area (Å²) in [5.74, 6) is 1.38. The molecule has 3 aliphatic rings. The second kappa shape index (κ2) is 9.36. The smallest absolute Gasteiger partial charge is 0.0809 e. The first-order valence-corrected chi connectivity index (χ1v) is 11.6. The van der Waals surface area contributed by atoms with Crippen molar-refractivity contribution in [2.24, 2.45) is 11.8 Å². The summed E-state index contributed by atoms with van der Waals surface area (Å²) in [5, 5.41) is 29.8. The highest BCUT2D eigenvalue weighted by Gasteiger charge is 2.48. The predicted molar refractivity (Wildman–Crippen MR) is 118 cm³/mol. The summed E-state index contributed by atoms with van der Waals surface area (Å²) in [6.07, 6.45) is 12.2. The normalized spacial score (nSPS) is 37.8. The zero-order valence-corrected chi connectivity index (χ0v) is 18.6. The molecule has 6 atom stereocenters. The van der Waals surface area contributed by atoms with E-state index in [9.17, 15) is 15.3 Å². The van der Waals surface area contributed by atoms with E-state index in [-0.39, 0.29) is 11.6 Å². The number of piperidine rings is 1. The van der Waals surface area contributed by atoms with Crippen LogP contribution in [-0.4, -0.2) is 50.6 Å². The second-order valence-electron chi connectivity index (χ2n) is 10.0. The Morgan fingerprint density at radius 1 is 1.17 bits per heavy atom. The van der Waals surface area contributed by atoms with Gasteiger partial charge in [0.05, 0.1) is 18.3 Å². The third-order valence-corrected chi connectivity index (χ3v) is 7.79. The van der Waals surface area contributed by atoms with Gasteiger partial charge in [-0.1, -0.05) is 38.0 Å². The van der Waals surface area contributed by atoms with Gasteiger partial charge in [0, 0.05) is 17.8 Å². The van der Waals surface area contributed by atoms with E-state index >= 15 is 0 Å². The summed E-state index contributed by atoms with van der Waals surface area (Å²) in [6.45, 7) is 11.7. The molecule has 0 aromatic heterocycles. The molecule has 164 valence electrons. The van der Waals surface area contributed by atoms with Crippen molar-refractivity contribution in [1.82, 2.24) is 4.90 Å². The van der Waals surface area contributed by atoms with Gasteiger partial charge in [-0.05, 0) is 82.3 Å². The lowest BCUT2D eigenvalue weighted by molar-refractivity contribution is 0.0829. The lowest BCUT2D eigenvalue weighted by Gasteiger charge is -2.47. The highest BCUT2D eigenvalue weighted by atomic mass is 16.3. The van der Waals surface area contributed by atoms with Crippen LogP contribution in [0.1, 0.15) is 78.6 Å². The number of hydrogen-bond acceptors (Lipinski definition) is 4. The predicted octanol–water partition coefficient (Wildman–Crippen LogP) is 4.32. The molecule has 0 aromatic carbocycles. The van der Waals surface area contributed by atoms with Gasteiger partial charge >= 0.3 is 0 Å². The van der Waals surface area contributed by atoms with Crippen LogP contribution in [0.4, 0.5) is 0 Å². The molecule has 2 heterocycles. The zero-order valence-electron chi connectivity index (χ0n) is 18.6. The molecule has 4 heteroatoms. The number of aliphatic hydroxyl groups is 3. The van der Waals surface area contributed by atoms with Gasteiger partial charge in [0.15, 0.2) is 0 Å². The summed E-state index contributed by atoms with van der Waals surface area (Å²) >= 11 is 0. The Morgan fingerprint density at radius 3 is 2.52 bits per heavy atom. The van der Waals surface area contributed by atoms with Crippen molar-refractivity contribution in [2.45, 2.75) is 102 Å². The minimum absolute atomic E-state index is 0.191. The van der Waals surface area contributed by atoms with Crippen LogP contribution >= 0.6 is 0 Å². The number of rotatable bonds is 6. The van der Waals surface area contributed by atoms with Crippen molar-refractivity contribution in [1.29, 1.82) is 0 Å². The molecule has 0 amide bonds. The molecule has 0 radical (unpaired) electrons. The molecule has 3 N–H and O–H groups in total. The Hall–Kier alpha value is -1.10. The van der Waals surface area contributed by atoms with Crippen molar-refractivity contribution in [3.05, 3.63) is 35.6 Å². The van der Waals surface area contributed by atoms with Gasteiger partial charge in [0.2, 0.25) is 0 Å². The Balaban J connectivity index is 1.68. The second-order valence-corrected chi connectivity index (χ2v) is 10.0. The van der Waals surface area contributed by atoms with Crippen LogP contribution in [0, 0.1) is 11.8 Å². The Bertz CT molecular complexity index is 636. The van der Waals surface area contributed by atoms with E-state index in [1.807, 2.05) is 6.92 Å². The first-order chi connectivity index (χ1) is 13.7. The fourth-order valence-corrected chi connectivity index (χ4v) is 6.01. The standard InChI is InChI=1S/C25H41NO3/c1-17(7-5-8-18(2)27)22-12-14-26-21(9-6-13-25(22,26)4)11-10-20-15-23(28)19(3)24(29)16-20/h10-11,17-18,22-24,27-29H,3,5-9,12-16H2,1-2,4H3/b20-10?,21-11+/t17?,18-,22+,23+,24?,25?/m0/s1. The van der Waals surface area contributed by atoms with Crippen molar-refractivity contribution < 1.29 is 15.3 Å². The van der Waals surface area contributed by atoms with Crippen molar-refractivity contribution >= 4 is 0 Å². The molecule has 1 aliphatic carbocycles. The van der Waals surface area contributed by atoms with E-state index < -0.39 is 12.2 Å². The highest BCUT2D eigenvalue weighted by molar-refractivity contribution is 5.28. The topological polar surface area (TPSA) is 63.9 Å². The average Bonchev–Trinajstić information content (AvgIpc) is 3.01. The number of hydrogen-bond donors (Lipinski definition) is 3. The molecule has 0 bridgehead atoms. The fraction of sp³-hybridized carbons (Fsp3) is 0.760. The molecule has 29 heavy (non-hydrogen) atoms. The van der Waals surface area contributed by atoms with E-state index in [1.54, 1.807) is 0 Å². The average molecular weight is 404 g/mol. The number of nitrogens with zero attached hydrogens (tertiary/aromatic N) is 1. The van der Waals surface area contributed by atoms with E-state index in [1.165, 1.54) is 31.4 Å². The number of aliphatic hydroxyl groups excluding tert-OH is 3. The summed E-state index contributed by atoms with van der Waals surface area (Å²) in [6, 6.07) is 0. The van der Waals surface area contributed by atoms with Crippen LogP contribution < -0.4 is 0 Å². The molecule has 0 spiro atoms. The maximum Gasteiger partial charge on any atom is 0.0809 e. The Morgan fingerprint density at radius 2 is 1.86 bits per heavy atom. The highest BCUT2D eigenvalue weighted by Crippen LogP contribution is 2.49. The van der Waals surface area contributed by atoms with Crippen molar-refractivity contribution in [3.8, 4) is 0 Å². The van der Waals surface area contributed by atoms with Crippen LogP contribution in [0.25, 0.3) is 0 Å².